The average molecular weight is 234 g/mol. The molecule has 0 aromatic heterocycles. The maximum Gasteiger partial charge on any atom is 0.322 e. The van der Waals surface area contributed by atoms with Gasteiger partial charge in [0.15, 0.2) is 0 Å². The van der Waals surface area contributed by atoms with Crippen molar-refractivity contribution in [3.8, 4) is 0 Å². The Labute approximate surface area is 104 Å². The molecule has 0 radical (unpaired) electrons. The van der Waals surface area contributed by atoms with Crippen molar-refractivity contribution in [2.24, 2.45) is 0 Å². The largest absolute Gasteiger partial charge is 0.361 e. The van der Waals surface area contributed by atoms with Crippen LogP contribution in [0.5, 0.6) is 0 Å². The molecular formula is C14H10N4. The number of fused-ring (bicyclic) bond motifs is 2. The van der Waals surface area contributed by atoms with Gasteiger partial charge >= 0.3 is 11.4 Å². The highest BCUT2D eigenvalue weighted by molar-refractivity contribution is 6.10. The van der Waals surface area contributed by atoms with Crippen LogP contribution in [0.1, 0.15) is 28.7 Å². The molecule has 3 rings (SSSR count). The van der Waals surface area contributed by atoms with Crippen molar-refractivity contribution in [3.63, 3.8) is 0 Å². The van der Waals surface area contributed by atoms with Gasteiger partial charge in [-0.3, -0.25) is 0 Å². The number of hydrogen-bond donors (Lipinski definition) is 0. The van der Waals surface area contributed by atoms with Gasteiger partial charge in [-0.1, -0.05) is 18.2 Å². The summed E-state index contributed by atoms with van der Waals surface area (Å²) in [5, 5.41) is 0. The van der Waals surface area contributed by atoms with Crippen LogP contribution in [0.15, 0.2) is 30.4 Å². The van der Waals surface area contributed by atoms with Crippen LogP contribution < -0.4 is 0 Å². The van der Waals surface area contributed by atoms with Crippen molar-refractivity contribution >= 4 is 17.5 Å². The van der Waals surface area contributed by atoms with E-state index < -0.39 is 0 Å². The predicted octanol–water partition coefficient (Wildman–Crippen LogP) is 2.25. The highest BCUT2D eigenvalue weighted by atomic mass is 14.9. The van der Waals surface area contributed by atoms with E-state index in [2.05, 4.69) is 15.6 Å². The summed E-state index contributed by atoms with van der Waals surface area (Å²) in [6.45, 7) is 0. The van der Waals surface area contributed by atoms with E-state index in [1.54, 1.807) is 6.08 Å². The van der Waals surface area contributed by atoms with Gasteiger partial charge in [-0.2, -0.15) is 9.58 Å². The fourth-order valence-corrected chi connectivity index (χ4v) is 2.44. The molecule has 86 valence electrons. The Morgan fingerprint density at radius 1 is 0.889 bits per heavy atom. The minimum Gasteiger partial charge on any atom is -0.361 e. The molecule has 4 heteroatoms. The van der Waals surface area contributed by atoms with E-state index >= 15 is 0 Å². The third-order valence-corrected chi connectivity index (χ3v) is 3.31. The molecule has 0 bridgehead atoms. The van der Waals surface area contributed by atoms with Gasteiger partial charge in [0.25, 0.3) is 0 Å². The van der Waals surface area contributed by atoms with Crippen LogP contribution in [0.3, 0.4) is 0 Å². The first-order valence-electron chi connectivity index (χ1n) is 5.77. The van der Waals surface area contributed by atoms with E-state index in [0.29, 0.717) is 17.8 Å². The third-order valence-electron chi connectivity index (χ3n) is 3.31. The summed E-state index contributed by atoms with van der Waals surface area (Å²) in [7, 11) is 0. The Bertz CT molecular complexity index is 697. The van der Waals surface area contributed by atoms with Gasteiger partial charge in [-0.05, 0) is 29.7 Å². The summed E-state index contributed by atoms with van der Waals surface area (Å²) < 4.78 is 0. The lowest BCUT2D eigenvalue weighted by atomic mass is 9.86. The Kier molecular flexibility index (Phi) is 2.38. The molecule has 0 fully saturated rings. The van der Waals surface area contributed by atoms with E-state index in [9.17, 15) is 0 Å². The van der Waals surface area contributed by atoms with E-state index in [1.165, 1.54) is 0 Å². The van der Waals surface area contributed by atoms with Gasteiger partial charge in [0.05, 0.1) is 17.5 Å². The highest BCUT2D eigenvalue weighted by Crippen LogP contribution is 2.26. The summed E-state index contributed by atoms with van der Waals surface area (Å²) in [5.41, 5.74) is 23.2. The van der Waals surface area contributed by atoms with Crippen LogP contribution in [0.4, 0.5) is 0 Å². The second kappa shape index (κ2) is 4.04. The molecule has 0 heterocycles. The lowest BCUT2D eigenvalue weighted by Gasteiger charge is -2.13. The number of benzene rings is 1. The average Bonchev–Trinajstić information content (AvgIpc) is 2.43. The van der Waals surface area contributed by atoms with Crippen molar-refractivity contribution in [2.75, 3.05) is 0 Å². The standard InChI is InChI=1S/C14H10N4/c15-17-13-5-1-3-9-7-10-4-2-6-14(18-16)12(10)8-11(9)13/h1-3,6-8H,4-5H2. The van der Waals surface area contributed by atoms with Crippen LogP contribution in [-0.4, -0.2) is 21.0 Å². The Hall–Kier alpha value is -2.54. The second-order valence-electron chi connectivity index (χ2n) is 4.34. The topological polar surface area (TPSA) is 72.8 Å². The van der Waals surface area contributed by atoms with E-state index in [0.717, 1.165) is 28.7 Å². The van der Waals surface area contributed by atoms with Gasteiger partial charge in [-0.15, -0.1) is 0 Å². The summed E-state index contributed by atoms with van der Waals surface area (Å²) in [4.78, 5) is 6.63. The van der Waals surface area contributed by atoms with Crippen molar-refractivity contribution in [1.29, 1.82) is 0 Å². The van der Waals surface area contributed by atoms with Crippen molar-refractivity contribution < 1.29 is 9.58 Å². The van der Waals surface area contributed by atoms with Gasteiger partial charge in [0.1, 0.15) is 0 Å². The van der Waals surface area contributed by atoms with Crippen molar-refractivity contribution in [2.45, 2.75) is 12.8 Å². The minimum absolute atomic E-state index is 0.547. The van der Waals surface area contributed by atoms with Crippen LogP contribution in [-0.2, 0) is 6.42 Å². The molecule has 0 aliphatic heterocycles. The Morgan fingerprint density at radius 2 is 1.72 bits per heavy atom. The first-order valence-corrected chi connectivity index (χ1v) is 5.77. The summed E-state index contributed by atoms with van der Waals surface area (Å²) in [6, 6.07) is 3.99. The number of nitrogens with zero attached hydrogens (tertiary/aromatic N) is 4. The number of allylic oxidation sites excluding steroid dienone is 3. The molecule has 4 nitrogen and oxygen atoms in total. The highest BCUT2D eigenvalue weighted by Gasteiger charge is 2.25. The van der Waals surface area contributed by atoms with Crippen LogP contribution in [0, 0.1) is 0 Å². The zero-order valence-corrected chi connectivity index (χ0v) is 9.67. The molecular weight excluding hydrogens is 224 g/mol. The first kappa shape index (κ1) is 10.6. The van der Waals surface area contributed by atoms with Crippen molar-refractivity contribution in [3.05, 3.63) is 63.7 Å². The Balaban J connectivity index is 2.30. The van der Waals surface area contributed by atoms with E-state index in [-0.39, 0.29) is 0 Å². The number of hydrogen-bond acceptors (Lipinski definition) is 0. The fourth-order valence-electron chi connectivity index (χ4n) is 2.44. The molecule has 2 aliphatic carbocycles. The number of rotatable bonds is 0. The second-order valence-corrected chi connectivity index (χ2v) is 4.34. The molecule has 1 aromatic carbocycles. The maximum absolute atomic E-state index is 9.03. The summed E-state index contributed by atoms with van der Waals surface area (Å²) in [6.07, 6.45) is 9.20. The molecule has 0 saturated heterocycles. The predicted molar refractivity (Wildman–Crippen MR) is 68.4 cm³/mol. The van der Waals surface area contributed by atoms with Gasteiger partial charge < -0.3 is 11.1 Å². The molecule has 1 aromatic rings. The lowest BCUT2D eigenvalue weighted by molar-refractivity contribution is -0.00607. The van der Waals surface area contributed by atoms with Crippen LogP contribution >= 0.6 is 0 Å². The van der Waals surface area contributed by atoms with Gasteiger partial charge in [-0.25, -0.2) is 0 Å². The molecule has 2 aliphatic rings. The quantitative estimate of drug-likeness (QED) is 0.488. The van der Waals surface area contributed by atoms with Crippen LogP contribution in [0.2, 0.25) is 0 Å². The fraction of sp³-hybridized carbons (Fsp3) is 0.143. The summed E-state index contributed by atoms with van der Waals surface area (Å²) >= 11 is 0. The SMILES string of the molecule is [N-]=[N+]=C1CC=Cc2cc3c(cc21)C(=[N+]=[N-])C=CC3. The maximum atomic E-state index is 9.03. The van der Waals surface area contributed by atoms with Gasteiger partial charge in [0, 0.05) is 6.08 Å². The molecule has 0 N–H and O–H groups in total. The molecule has 0 spiro atoms. The van der Waals surface area contributed by atoms with E-state index in [1.807, 2.05) is 24.3 Å². The zero-order chi connectivity index (χ0) is 12.5. The molecule has 0 amide bonds. The first-order chi connectivity index (χ1) is 8.83. The minimum atomic E-state index is 0.547. The van der Waals surface area contributed by atoms with Crippen molar-refractivity contribution in [1.82, 2.24) is 0 Å². The van der Waals surface area contributed by atoms with E-state index in [4.69, 9.17) is 11.1 Å². The normalized spacial score (nSPS) is 15.8. The molecule has 0 unspecified atom stereocenters. The molecule has 18 heavy (non-hydrogen) atoms. The molecule has 0 saturated carbocycles. The van der Waals surface area contributed by atoms with Gasteiger partial charge in [0.2, 0.25) is 0 Å². The molecule has 0 atom stereocenters. The smallest absolute Gasteiger partial charge is 0.322 e. The van der Waals surface area contributed by atoms with Crippen LogP contribution in [0.25, 0.3) is 17.1 Å². The lowest BCUT2D eigenvalue weighted by Crippen LogP contribution is -2.14. The zero-order valence-electron chi connectivity index (χ0n) is 9.67. The summed E-state index contributed by atoms with van der Waals surface area (Å²) in [5.74, 6) is 0. The Morgan fingerprint density at radius 3 is 2.50 bits per heavy atom. The monoisotopic (exact) mass is 234 g/mol. The third kappa shape index (κ3) is 1.49.